The molecule has 0 atom stereocenters. The summed E-state index contributed by atoms with van der Waals surface area (Å²) in [5.74, 6) is 0.906. The number of thioether (sulfide) groups is 1. The van der Waals surface area contributed by atoms with Crippen molar-refractivity contribution >= 4 is 17.6 Å². The van der Waals surface area contributed by atoms with Crippen LogP contribution in [0.1, 0.15) is 37.7 Å². The predicted octanol–water partition coefficient (Wildman–Crippen LogP) is 3.26. The molecule has 0 aromatic carbocycles. The van der Waals surface area contributed by atoms with E-state index in [0.717, 1.165) is 17.9 Å². The molecule has 94 valence electrons. The molecule has 0 spiro atoms. The zero-order valence-electron chi connectivity index (χ0n) is 10.7. The van der Waals surface area contributed by atoms with E-state index < -0.39 is 0 Å². The maximum atomic E-state index is 4.12. The molecule has 1 aromatic heterocycles. The van der Waals surface area contributed by atoms with Crippen molar-refractivity contribution < 1.29 is 0 Å². The third-order valence-corrected chi connectivity index (χ3v) is 5.00. The molecular weight excluding hydrogens is 230 g/mol. The van der Waals surface area contributed by atoms with Gasteiger partial charge < -0.3 is 5.32 Å². The number of rotatable bonds is 4. The SMILES string of the molecule is CSC1(CNc2cc(C)cnn2)CCCCC1. The van der Waals surface area contributed by atoms with E-state index in [-0.39, 0.29) is 0 Å². The second kappa shape index (κ2) is 5.71. The average molecular weight is 251 g/mol. The lowest BCUT2D eigenvalue weighted by atomic mass is 9.88. The highest BCUT2D eigenvalue weighted by Gasteiger charge is 2.30. The summed E-state index contributed by atoms with van der Waals surface area (Å²) < 4.78 is 0.406. The first-order chi connectivity index (χ1) is 8.24. The van der Waals surface area contributed by atoms with Crippen LogP contribution in [0.3, 0.4) is 0 Å². The third-order valence-electron chi connectivity index (χ3n) is 3.58. The van der Waals surface area contributed by atoms with Gasteiger partial charge in [0.2, 0.25) is 0 Å². The molecule has 1 heterocycles. The van der Waals surface area contributed by atoms with Crippen LogP contribution < -0.4 is 5.32 Å². The second-order valence-corrected chi connectivity index (χ2v) is 6.19. The number of aromatic nitrogens is 2. The number of nitrogens with zero attached hydrogens (tertiary/aromatic N) is 2. The Bertz CT molecular complexity index is 361. The van der Waals surface area contributed by atoms with Crippen LogP contribution in [0.4, 0.5) is 5.82 Å². The van der Waals surface area contributed by atoms with Gasteiger partial charge in [0.25, 0.3) is 0 Å². The molecule has 0 amide bonds. The van der Waals surface area contributed by atoms with Gasteiger partial charge in [-0.2, -0.15) is 16.9 Å². The number of aryl methyl sites for hydroxylation is 1. The van der Waals surface area contributed by atoms with Gasteiger partial charge in [-0.1, -0.05) is 19.3 Å². The zero-order chi connectivity index (χ0) is 12.1. The number of hydrogen-bond donors (Lipinski definition) is 1. The van der Waals surface area contributed by atoms with E-state index in [1.54, 1.807) is 6.20 Å². The Labute approximate surface area is 108 Å². The molecule has 1 aliphatic carbocycles. The molecule has 1 saturated carbocycles. The monoisotopic (exact) mass is 251 g/mol. The molecule has 17 heavy (non-hydrogen) atoms. The van der Waals surface area contributed by atoms with E-state index in [9.17, 15) is 0 Å². The maximum absolute atomic E-state index is 4.12. The van der Waals surface area contributed by atoms with Crippen molar-refractivity contribution in [3.8, 4) is 0 Å². The second-order valence-electron chi connectivity index (χ2n) is 4.92. The Morgan fingerprint density at radius 3 is 2.76 bits per heavy atom. The maximum Gasteiger partial charge on any atom is 0.148 e. The first-order valence-corrected chi connectivity index (χ1v) is 7.55. The molecule has 0 bridgehead atoms. The van der Waals surface area contributed by atoms with Gasteiger partial charge in [0.15, 0.2) is 0 Å². The predicted molar refractivity (Wildman–Crippen MR) is 74.6 cm³/mol. The highest BCUT2D eigenvalue weighted by atomic mass is 32.2. The van der Waals surface area contributed by atoms with Crippen LogP contribution in [0.2, 0.25) is 0 Å². The smallest absolute Gasteiger partial charge is 0.148 e. The highest BCUT2D eigenvalue weighted by molar-refractivity contribution is 8.00. The van der Waals surface area contributed by atoms with Crippen molar-refractivity contribution in [1.29, 1.82) is 0 Å². The summed E-state index contributed by atoms with van der Waals surface area (Å²) in [6.45, 7) is 3.05. The summed E-state index contributed by atoms with van der Waals surface area (Å²) in [6.07, 6.45) is 10.8. The van der Waals surface area contributed by atoms with Gasteiger partial charge in [-0.25, -0.2) is 0 Å². The fourth-order valence-corrected chi connectivity index (χ4v) is 3.36. The van der Waals surface area contributed by atoms with Gasteiger partial charge in [0.05, 0.1) is 6.20 Å². The Hall–Kier alpha value is -0.770. The zero-order valence-corrected chi connectivity index (χ0v) is 11.5. The molecule has 0 radical (unpaired) electrons. The summed E-state index contributed by atoms with van der Waals surface area (Å²) in [7, 11) is 0. The summed E-state index contributed by atoms with van der Waals surface area (Å²) in [4.78, 5) is 0. The van der Waals surface area contributed by atoms with Crippen LogP contribution in [-0.2, 0) is 0 Å². The van der Waals surface area contributed by atoms with Gasteiger partial charge in [0, 0.05) is 11.3 Å². The van der Waals surface area contributed by atoms with Crippen molar-refractivity contribution in [3.63, 3.8) is 0 Å². The minimum Gasteiger partial charge on any atom is -0.367 e. The quantitative estimate of drug-likeness (QED) is 0.891. The van der Waals surface area contributed by atoms with E-state index in [1.807, 2.05) is 18.7 Å². The number of hydrogen-bond acceptors (Lipinski definition) is 4. The Kier molecular flexibility index (Phi) is 4.26. The topological polar surface area (TPSA) is 37.8 Å². The lowest BCUT2D eigenvalue weighted by molar-refractivity contribution is 0.411. The van der Waals surface area contributed by atoms with Gasteiger partial charge in [0.1, 0.15) is 5.82 Å². The first kappa shape index (κ1) is 12.7. The van der Waals surface area contributed by atoms with Crippen molar-refractivity contribution in [3.05, 3.63) is 17.8 Å². The van der Waals surface area contributed by atoms with E-state index >= 15 is 0 Å². The molecule has 4 heteroatoms. The van der Waals surface area contributed by atoms with Crippen LogP contribution in [0.5, 0.6) is 0 Å². The van der Waals surface area contributed by atoms with Crippen LogP contribution >= 0.6 is 11.8 Å². The lowest BCUT2D eigenvalue weighted by Gasteiger charge is -2.36. The molecule has 1 aromatic rings. The first-order valence-electron chi connectivity index (χ1n) is 6.32. The van der Waals surface area contributed by atoms with Gasteiger partial charge in [-0.15, -0.1) is 5.10 Å². The minimum atomic E-state index is 0.406. The standard InChI is InChI=1S/C13H21N3S/c1-11-8-12(16-15-9-11)14-10-13(17-2)6-4-3-5-7-13/h8-9H,3-7,10H2,1-2H3,(H,14,16). The van der Waals surface area contributed by atoms with Gasteiger partial charge in [-0.05, 0) is 37.7 Å². The summed E-state index contributed by atoms with van der Waals surface area (Å²) in [5, 5.41) is 11.5. The Morgan fingerprint density at radius 2 is 2.12 bits per heavy atom. The van der Waals surface area contributed by atoms with E-state index in [1.165, 1.54) is 32.1 Å². The highest BCUT2D eigenvalue weighted by Crippen LogP contribution is 2.38. The molecule has 0 unspecified atom stereocenters. The fraction of sp³-hybridized carbons (Fsp3) is 0.692. The summed E-state index contributed by atoms with van der Waals surface area (Å²) in [6, 6.07) is 2.06. The molecule has 0 aliphatic heterocycles. The third kappa shape index (κ3) is 3.35. The molecule has 1 fully saturated rings. The van der Waals surface area contributed by atoms with E-state index in [2.05, 4.69) is 27.8 Å². The molecule has 2 rings (SSSR count). The Morgan fingerprint density at radius 1 is 1.35 bits per heavy atom. The summed E-state index contributed by atoms with van der Waals surface area (Å²) >= 11 is 2.01. The molecular formula is C13H21N3S. The van der Waals surface area contributed by atoms with E-state index in [4.69, 9.17) is 0 Å². The molecule has 1 N–H and O–H groups in total. The normalized spacial score (nSPS) is 18.9. The van der Waals surface area contributed by atoms with Crippen molar-refractivity contribution in [2.75, 3.05) is 18.1 Å². The number of anilines is 1. The van der Waals surface area contributed by atoms with E-state index in [0.29, 0.717) is 4.75 Å². The number of nitrogens with one attached hydrogen (secondary N) is 1. The van der Waals surface area contributed by atoms with Crippen LogP contribution in [0, 0.1) is 6.92 Å². The lowest BCUT2D eigenvalue weighted by Crippen LogP contribution is -2.35. The Balaban J connectivity index is 1.95. The van der Waals surface area contributed by atoms with Crippen LogP contribution in [-0.4, -0.2) is 27.7 Å². The molecule has 3 nitrogen and oxygen atoms in total. The van der Waals surface area contributed by atoms with Crippen LogP contribution in [0.15, 0.2) is 12.3 Å². The largest absolute Gasteiger partial charge is 0.367 e. The van der Waals surface area contributed by atoms with Gasteiger partial charge >= 0.3 is 0 Å². The summed E-state index contributed by atoms with van der Waals surface area (Å²) in [5.41, 5.74) is 1.16. The van der Waals surface area contributed by atoms with Crippen molar-refractivity contribution in [2.45, 2.75) is 43.8 Å². The average Bonchev–Trinajstić information content (AvgIpc) is 2.38. The fourth-order valence-electron chi connectivity index (χ4n) is 2.45. The van der Waals surface area contributed by atoms with Gasteiger partial charge in [-0.3, -0.25) is 0 Å². The molecule has 0 saturated heterocycles. The van der Waals surface area contributed by atoms with Crippen molar-refractivity contribution in [2.24, 2.45) is 0 Å². The van der Waals surface area contributed by atoms with Crippen molar-refractivity contribution in [1.82, 2.24) is 10.2 Å². The van der Waals surface area contributed by atoms with Crippen LogP contribution in [0.25, 0.3) is 0 Å². The molecule has 1 aliphatic rings. The minimum absolute atomic E-state index is 0.406.